The highest BCUT2D eigenvalue weighted by molar-refractivity contribution is 6.18. The van der Waals surface area contributed by atoms with E-state index in [-0.39, 0.29) is 0 Å². The Morgan fingerprint density at radius 1 is 1.32 bits per heavy atom. The largest absolute Gasteiger partial charge is 0.374 e. The molecule has 2 aliphatic rings. The predicted molar refractivity (Wildman–Crippen MR) is 80.9 cm³/mol. The highest BCUT2D eigenvalue weighted by Gasteiger charge is 2.27. The number of halogens is 1. The van der Waals surface area contributed by atoms with Crippen LogP contribution in [0.4, 0.5) is 0 Å². The molecule has 0 spiro atoms. The zero-order valence-electron chi connectivity index (χ0n) is 12.4. The van der Waals surface area contributed by atoms with Gasteiger partial charge in [-0.2, -0.15) is 0 Å². The van der Waals surface area contributed by atoms with Gasteiger partial charge in [0.05, 0.1) is 12.7 Å². The Labute approximate surface area is 123 Å². The number of hydrogen-bond donors (Lipinski definition) is 1. The molecule has 3 atom stereocenters. The monoisotopic (exact) mass is 288 g/mol. The molecule has 2 fully saturated rings. The minimum atomic E-state index is 0.342. The van der Waals surface area contributed by atoms with Gasteiger partial charge in [-0.25, -0.2) is 0 Å². The van der Waals surface area contributed by atoms with Crippen molar-refractivity contribution in [2.45, 2.75) is 57.7 Å². The zero-order valence-corrected chi connectivity index (χ0v) is 13.2. The van der Waals surface area contributed by atoms with Crippen molar-refractivity contribution in [3.8, 4) is 0 Å². The molecule has 112 valence electrons. The highest BCUT2D eigenvalue weighted by Crippen LogP contribution is 2.25. The van der Waals surface area contributed by atoms with Crippen LogP contribution in [0.15, 0.2) is 0 Å². The van der Waals surface area contributed by atoms with Crippen LogP contribution < -0.4 is 5.32 Å². The Balaban J connectivity index is 1.74. The third kappa shape index (κ3) is 4.59. The zero-order chi connectivity index (χ0) is 13.7. The first-order chi connectivity index (χ1) is 9.20. The Morgan fingerprint density at radius 2 is 2.11 bits per heavy atom. The van der Waals surface area contributed by atoms with Gasteiger partial charge in [0, 0.05) is 37.6 Å². The first kappa shape index (κ1) is 15.6. The molecule has 19 heavy (non-hydrogen) atoms. The Bertz CT molecular complexity index is 263. The van der Waals surface area contributed by atoms with Gasteiger partial charge < -0.3 is 10.1 Å². The molecular weight excluding hydrogens is 260 g/mol. The van der Waals surface area contributed by atoms with Crippen LogP contribution in [0.2, 0.25) is 0 Å². The van der Waals surface area contributed by atoms with Crippen LogP contribution in [0, 0.1) is 5.92 Å². The molecule has 4 heteroatoms. The second-order valence-electron chi connectivity index (χ2n) is 6.30. The standard InChI is InChI=1S/C15H29ClN2O/c1-12(2)18-7-8-19-14(11-18)10-17-15-6-4-3-5-13(15)9-16/h12-15,17H,3-11H2,1-2H3. The number of ether oxygens (including phenoxy) is 1. The second-order valence-corrected chi connectivity index (χ2v) is 6.60. The molecule has 1 N–H and O–H groups in total. The molecule has 0 radical (unpaired) electrons. The van der Waals surface area contributed by atoms with E-state index in [1.807, 2.05) is 0 Å². The summed E-state index contributed by atoms with van der Waals surface area (Å²) in [7, 11) is 0. The summed E-state index contributed by atoms with van der Waals surface area (Å²) in [6.07, 6.45) is 5.59. The lowest BCUT2D eigenvalue weighted by molar-refractivity contribution is -0.0391. The summed E-state index contributed by atoms with van der Waals surface area (Å²) < 4.78 is 5.88. The second kappa shape index (κ2) is 7.82. The van der Waals surface area contributed by atoms with Gasteiger partial charge in [-0.1, -0.05) is 12.8 Å². The van der Waals surface area contributed by atoms with Crippen LogP contribution in [0.5, 0.6) is 0 Å². The molecular formula is C15H29ClN2O. The Morgan fingerprint density at radius 3 is 2.84 bits per heavy atom. The third-order valence-corrected chi connectivity index (χ3v) is 5.01. The van der Waals surface area contributed by atoms with E-state index < -0.39 is 0 Å². The van der Waals surface area contributed by atoms with E-state index in [9.17, 15) is 0 Å². The number of morpholine rings is 1. The lowest BCUT2D eigenvalue weighted by atomic mass is 9.85. The van der Waals surface area contributed by atoms with Crippen molar-refractivity contribution in [1.29, 1.82) is 0 Å². The van der Waals surface area contributed by atoms with Crippen LogP contribution in [0.1, 0.15) is 39.5 Å². The van der Waals surface area contributed by atoms with Crippen molar-refractivity contribution in [3.05, 3.63) is 0 Å². The molecule has 3 unspecified atom stereocenters. The summed E-state index contributed by atoms with van der Waals surface area (Å²) >= 11 is 6.08. The minimum Gasteiger partial charge on any atom is -0.374 e. The number of alkyl halides is 1. The van der Waals surface area contributed by atoms with Crippen molar-refractivity contribution < 1.29 is 4.74 Å². The van der Waals surface area contributed by atoms with Crippen molar-refractivity contribution >= 4 is 11.6 Å². The Hall–Kier alpha value is 0.170. The van der Waals surface area contributed by atoms with Gasteiger partial charge in [0.1, 0.15) is 0 Å². The molecule has 2 rings (SSSR count). The normalized spacial score (nSPS) is 33.8. The van der Waals surface area contributed by atoms with Crippen LogP contribution >= 0.6 is 11.6 Å². The van der Waals surface area contributed by atoms with Crippen LogP contribution in [-0.4, -0.2) is 55.2 Å². The van der Waals surface area contributed by atoms with E-state index in [0.717, 1.165) is 32.1 Å². The summed E-state index contributed by atoms with van der Waals surface area (Å²) in [5, 5.41) is 3.72. The van der Waals surface area contributed by atoms with Gasteiger partial charge >= 0.3 is 0 Å². The first-order valence-corrected chi connectivity index (χ1v) is 8.39. The number of hydrogen-bond acceptors (Lipinski definition) is 3. The molecule has 1 saturated heterocycles. The SMILES string of the molecule is CC(C)N1CCOC(CNC2CCCCC2CCl)C1. The fourth-order valence-corrected chi connectivity index (χ4v) is 3.65. The highest BCUT2D eigenvalue weighted by atomic mass is 35.5. The lowest BCUT2D eigenvalue weighted by Gasteiger charge is -2.37. The summed E-state index contributed by atoms with van der Waals surface area (Å²) in [5.41, 5.74) is 0. The molecule has 0 aromatic heterocycles. The van der Waals surface area contributed by atoms with Gasteiger partial charge in [0.25, 0.3) is 0 Å². The summed E-state index contributed by atoms with van der Waals surface area (Å²) in [4.78, 5) is 2.51. The first-order valence-electron chi connectivity index (χ1n) is 7.85. The molecule has 1 heterocycles. The van der Waals surface area contributed by atoms with Crippen LogP contribution in [0.25, 0.3) is 0 Å². The average molecular weight is 289 g/mol. The third-order valence-electron chi connectivity index (χ3n) is 4.62. The summed E-state index contributed by atoms with van der Waals surface area (Å²) in [5.74, 6) is 1.45. The molecule has 0 aromatic rings. The average Bonchev–Trinajstić information content (AvgIpc) is 2.45. The summed E-state index contributed by atoms with van der Waals surface area (Å²) in [6.45, 7) is 8.50. The van der Waals surface area contributed by atoms with Gasteiger partial charge in [0.2, 0.25) is 0 Å². The molecule has 1 aliphatic carbocycles. The molecule has 0 bridgehead atoms. The fraction of sp³-hybridized carbons (Fsp3) is 1.00. The number of nitrogens with zero attached hydrogens (tertiary/aromatic N) is 1. The fourth-order valence-electron chi connectivity index (χ4n) is 3.28. The molecule has 0 aromatic carbocycles. The van der Waals surface area contributed by atoms with E-state index in [0.29, 0.717) is 24.1 Å². The maximum absolute atomic E-state index is 6.08. The number of nitrogens with one attached hydrogen (secondary N) is 1. The Kier molecular flexibility index (Phi) is 6.40. The van der Waals surface area contributed by atoms with Crippen molar-refractivity contribution in [2.75, 3.05) is 32.1 Å². The van der Waals surface area contributed by atoms with Crippen molar-refractivity contribution in [3.63, 3.8) is 0 Å². The molecule has 1 aliphatic heterocycles. The maximum Gasteiger partial charge on any atom is 0.0826 e. The van der Waals surface area contributed by atoms with E-state index in [1.165, 1.54) is 25.7 Å². The van der Waals surface area contributed by atoms with Crippen molar-refractivity contribution in [1.82, 2.24) is 10.2 Å². The van der Waals surface area contributed by atoms with Crippen molar-refractivity contribution in [2.24, 2.45) is 5.92 Å². The quantitative estimate of drug-likeness (QED) is 0.787. The van der Waals surface area contributed by atoms with Gasteiger partial charge in [0.15, 0.2) is 0 Å². The smallest absolute Gasteiger partial charge is 0.0826 e. The van der Waals surface area contributed by atoms with Crippen LogP contribution in [-0.2, 0) is 4.74 Å². The summed E-state index contributed by atoms with van der Waals surface area (Å²) in [6, 6.07) is 1.22. The van der Waals surface area contributed by atoms with E-state index >= 15 is 0 Å². The number of rotatable bonds is 5. The topological polar surface area (TPSA) is 24.5 Å². The van der Waals surface area contributed by atoms with E-state index in [4.69, 9.17) is 16.3 Å². The van der Waals surface area contributed by atoms with Gasteiger partial charge in [-0.3, -0.25) is 4.90 Å². The minimum absolute atomic E-state index is 0.342. The van der Waals surface area contributed by atoms with Gasteiger partial charge in [-0.15, -0.1) is 11.6 Å². The van der Waals surface area contributed by atoms with E-state index in [1.54, 1.807) is 0 Å². The predicted octanol–water partition coefficient (Wildman–Crippen LogP) is 2.48. The maximum atomic E-state index is 6.08. The molecule has 0 amide bonds. The van der Waals surface area contributed by atoms with Crippen LogP contribution in [0.3, 0.4) is 0 Å². The molecule has 1 saturated carbocycles. The lowest BCUT2D eigenvalue weighted by Crippen LogP contribution is -2.51. The van der Waals surface area contributed by atoms with Gasteiger partial charge in [-0.05, 0) is 32.6 Å². The molecule has 3 nitrogen and oxygen atoms in total. The van der Waals surface area contributed by atoms with E-state index in [2.05, 4.69) is 24.1 Å².